The first kappa shape index (κ1) is 14.3. The Kier molecular flexibility index (Phi) is 4.58. The molecule has 1 aromatic heterocycles. The largest absolute Gasteiger partial charge is 0.481 e. The number of aliphatic carboxylic acids is 1. The molecule has 0 aliphatic heterocycles. The topological polar surface area (TPSA) is 59.4 Å². The third-order valence-electron chi connectivity index (χ3n) is 3.04. The Morgan fingerprint density at radius 1 is 1.35 bits per heavy atom. The van der Waals surface area contributed by atoms with Gasteiger partial charge in [0.2, 0.25) is 5.88 Å². The molecule has 0 aliphatic carbocycles. The lowest BCUT2D eigenvalue weighted by Crippen LogP contribution is -2.15. The van der Waals surface area contributed by atoms with Gasteiger partial charge in [0.15, 0.2) is 0 Å². The number of rotatable bonds is 5. The summed E-state index contributed by atoms with van der Waals surface area (Å²) in [5, 5.41) is 10.0. The number of benzene rings is 1. The van der Waals surface area contributed by atoms with Crippen molar-refractivity contribution in [3.8, 4) is 5.88 Å². The van der Waals surface area contributed by atoms with Crippen molar-refractivity contribution < 1.29 is 14.6 Å². The van der Waals surface area contributed by atoms with Gasteiger partial charge in [-0.25, -0.2) is 4.98 Å². The Morgan fingerprint density at radius 2 is 2.05 bits per heavy atom. The first-order valence-electron chi connectivity index (χ1n) is 6.08. The van der Waals surface area contributed by atoms with Gasteiger partial charge in [-0.3, -0.25) is 4.79 Å². The second-order valence-electron chi connectivity index (χ2n) is 4.32. The van der Waals surface area contributed by atoms with Crippen LogP contribution in [0.4, 0.5) is 0 Å². The number of pyridine rings is 1. The second kappa shape index (κ2) is 6.39. The van der Waals surface area contributed by atoms with Crippen molar-refractivity contribution in [1.29, 1.82) is 0 Å². The van der Waals surface area contributed by atoms with E-state index in [4.69, 9.17) is 16.3 Å². The predicted octanol–water partition coefficient (Wildman–Crippen LogP) is 3.15. The molecule has 1 N–H and O–H groups in total. The Bertz CT molecular complexity index is 598. The molecular formula is C15H14ClNO3. The van der Waals surface area contributed by atoms with Crippen LogP contribution in [-0.4, -0.2) is 23.2 Å². The minimum atomic E-state index is -0.891. The van der Waals surface area contributed by atoms with Gasteiger partial charge in [0, 0.05) is 16.8 Å². The summed E-state index contributed by atoms with van der Waals surface area (Å²) in [5.74, 6) is -1.10. The van der Waals surface area contributed by atoms with Crippen molar-refractivity contribution in [2.75, 3.05) is 7.11 Å². The summed E-state index contributed by atoms with van der Waals surface area (Å²) < 4.78 is 5.16. The first-order chi connectivity index (χ1) is 9.61. The van der Waals surface area contributed by atoms with E-state index in [9.17, 15) is 9.90 Å². The fourth-order valence-corrected chi connectivity index (χ4v) is 2.15. The number of aromatic nitrogens is 1. The van der Waals surface area contributed by atoms with E-state index in [-0.39, 0.29) is 0 Å². The number of hydrogen-bond acceptors (Lipinski definition) is 3. The maximum Gasteiger partial charge on any atom is 0.311 e. The van der Waals surface area contributed by atoms with E-state index in [1.54, 1.807) is 36.5 Å². The van der Waals surface area contributed by atoms with Crippen molar-refractivity contribution >= 4 is 17.6 Å². The van der Waals surface area contributed by atoms with E-state index < -0.39 is 11.9 Å². The van der Waals surface area contributed by atoms with Crippen LogP contribution in [0.1, 0.15) is 17.0 Å². The van der Waals surface area contributed by atoms with Gasteiger partial charge in [0.1, 0.15) is 0 Å². The van der Waals surface area contributed by atoms with Crippen LogP contribution in [0.3, 0.4) is 0 Å². The van der Waals surface area contributed by atoms with E-state index in [1.165, 1.54) is 7.11 Å². The lowest BCUT2D eigenvalue weighted by molar-refractivity contribution is -0.138. The van der Waals surface area contributed by atoms with Crippen LogP contribution in [0.5, 0.6) is 5.88 Å². The molecule has 0 fully saturated rings. The molecule has 2 aromatic rings. The SMILES string of the molecule is COc1ncccc1CC(C(=O)O)c1ccc(Cl)cc1. The van der Waals surface area contributed by atoms with Crippen molar-refractivity contribution in [2.24, 2.45) is 0 Å². The second-order valence-corrected chi connectivity index (χ2v) is 4.75. The average molecular weight is 292 g/mol. The van der Waals surface area contributed by atoms with Crippen LogP contribution in [0.2, 0.25) is 5.02 Å². The van der Waals surface area contributed by atoms with Gasteiger partial charge in [-0.15, -0.1) is 0 Å². The molecule has 1 heterocycles. The Labute approximate surface area is 122 Å². The molecule has 0 amide bonds. The van der Waals surface area contributed by atoms with Crippen LogP contribution in [0.25, 0.3) is 0 Å². The molecule has 0 saturated carbocycles. The number of carbonyl (C=O) groups is 1. The molecule has 2 rings (SSSR count). The van der Waals surface area contributed by atoms with Crippen LogP contribution < -0.4 is 4.74 Å². The number of carboxylic acids is 1. The molecule has 0 radical (unpaired) electrons. The molecule has 1 atom stereocenters. The summed E-state index contributed by atoms with van der Waals surface area (Å²) in [4.78, 5) is 15.6. The van der Waals surface area contributed by atoms with E-state index >= 15 is 0 Å². The van der Waals surface area contributed by atoms with Gasteiger partial charge < -0.3 is 9.84 Å². The molecule has 104 valence electrons. The van der Waals surface area contributed by atoms with Crippen molar-refractivity contribution in [3.63, 3.8) is 0 Å². The molecule has 0 aliphatic rings. The Morgan fingerprint density at radius 3 is 2.65 bits per heavy atom. The third kappa shape index (κ3) is 3.27. The first-order valence-corrected chi connectivity index (χ1v) is 6.45. The maximum atomic E-state index is 11.5. The zero-order chi connectivity index (χ0) is 14.5. The molecule has 1 unspecified atom stereocenters. The fraction of sp³-hybridized carbons (Fsp3) is 0.200. The Hall–Kier alpha value is -2.07. The number of carboxylic acid groups (broad SMARTS) is 1. The van der Waals surface area contributed by atoms with E-state index in [1.807, 2.05) is 6.07 Å². The highest BCUT2D eigenvalue weighted by Gasteiger charge is 2.22. The number of nitrogens with zero attached hydrogens (tertiary/aromatic N) is 1. The van der Waals surface area contributed by atoms with Crippen molar-refractivity contribution in [3.05, 3.63) is 58.7 Å². The van der Waals surface area contributed by atoms with Gasteiger partial charge in [0.25, 0.3) is 0 Å². The van der Waals surface area contributed by atoms with Crippen molar-refractivity contribution in [2.45, 2.75) is 12.3 Å². The molecule has 0 spiro atoms. The van der Waals surface area contributed by atoms with Crippen LogP contribution in [-0.2, 0) is 11.2 Å². The minimum Gasteiger partial charge on any atom is -0.481 e. The summed E-state index contributed by atoms with van der Waals surface area (Å²) in [6.07, 6.45) is 1.92. The van der Waals surface area contributed by atoms with Crippen LogP contribution in [0.15, 0.2) is 42.6 Å². The monoisotopic (exact) mass is 291 g/mol. The lowest BCUT2D eigenvalue weighted by Gasteiger charge is -2.14. The minimum absolute atomic E-state index is 0.313. The number of ether oxygens (including phenoxy) is 1. The van der Waals surface area contributed by atoms with E-state index in [0.29, 0.717) is 22.9 Å². The quantitative estimate of drug-likeness (QED) is 0.919. The molecule has 20 heavy (non-hydrogen) atoms. The number of halogens is 1. The number of hydrogen-bond donors (Lipinski definition) is 1. The molecule has 5 heteroatoms. The van der Waals surface area contributed by atoms with Crippen LogP contribution in [0, 0.1) is 0 Å². The highest BCUT2D eigenvalue weighted by molar-refractivity contribution is 6.30. The summed E-state index contributed by atoms with van der Waals surface area (Å²) in [6, 6.07) is 10.4. The molecule has 4 nitrogen and oxygen atoms in total. The normalized spacial score (nSPS) is 11.9. The van der Waals surface area contributed by atoms with Gasteiger partial charge in [-0.05, 0) is 30.2 Å². The van der Waals surface area contributed by atoms with Crippen LogP contribution >= 0.6 is 11.6 Å². The fourth-order valence-electron chi connectivity index (χ4n) is 2.03. The van der Waals surface area contributed by atoms with Gasteiger partial charge in [-0.1, -0.05) is 29.8 Å². The zero-order valence-corrected chi connectivity index (χ0v) is 11.7. The van der Waals surface area contributed by atoms with Gasteiger partial charge in [-0.2, -0.15) is 0 Å². The summed E-state index contributed by atoms with van der Waals surface area (Å²) in [6.45, 7) is 0. The smallest absolute Gasteiger partial charge is 0.311 e. The molecular weight excluding hydrogens is 278 g/mol. The van der Waals surface area contributed by atoms with Gasteiger partial charge in [0.05, 0.1) is 13.0 Å². The standard InChI is InChI=1S/C15H14ClNO3/c1-20-14-11(3-2-8-17-14)9-13(15(18)19)10-4-6-12(16)7-5-10/h2-8,13H,9H2,1H3,(H,18,19). The molecule has 0 saturated heterocycles. The highest BCUT2D eigenvalue weighted by Crippen LogP contribution is 2.26. The third-order valence-corrected chi connectivity index (χ3v) is 3.29. The summed E-state index contributed by atoms with van der Waals surface area (Å²) in [5.41, 5.74) is 1.46. The zero-order valence-electron chi connectivity index (χ0n) is 10.9. The number of methoxy groups -OCH3 is 1. The summed E-state index contributed by atoms with van der Waals surface area (Å²) in [7, 11) is 1.52. The van der Waals surface area contributed by atoms with E-state index in [0.717, 1.165) is 5.56 Å². The molecule has 1 aromatic carbocycles. The summed E-state index contributed by atoms with van der Waals surface area (Å²) >= 11 is 5.83. The lowest BCUT2D eigenvalue weighted by atomic mass is 9.92. The average Bonchev–Trinajstić information content (AvgIpc) is 2.46. The maximum absolute atomic E-state index is 11.5. The highest BCUT2D eigenvalue weighted by atomic mass is 35.5. The van der Waals surface area contributed by atoms with Crippen molar-refractivity contribution in [1.82, 2.24) is 4.98 Å². The Balaban J connectivity index is 2.30. The van der Waals surface area contributed by atoms with Gasteiger partial charge >= 0.3 is 5.97 Å². The predicted molar refractivity (Wildman–Crippen MR) is 76.3 cm³/mol. The molecule has 0 bridgehead atoms. The van der Waals surface area contributed by atoms with E-state index in [2.05, 4.69) is 4.98 Å².